The van der Waals surface area contributed by atoms with E-state index in [2.05, 4.69) is 5.32 Å². The van der Waals surface area contributed by atoms with Gasteiger partial charge < -0.3 is 5.32 Å². The Hall–Kier alpha value is -1.03. The van der Waals surface area contributed by atoms with Crippen LogP contribution in [0.25, 0.3) is 0 Å². The molecule has 1 aliphatic rings. The van der Waals surface area contributed by atoms with E-state index in [0.29, 0.717) is 5.56 Å². The third kappa shape index (κ3) is 1.86. The maximum atomic E-state index is 13.5. The molecule has 0 saturated carbocycles. The summed E-state index contributed by atoms with van der Waals surface area (Å²) in [6.07, 6.45) is -0.360. The molecule has 0 radical (unpaired) electrons. The summed E-state index contributed by atoms with van der Waals surface area (Å²) in [7, 11) is 0. The van der Waals surface area contributed by atoms with Crippen LogP contribution in [0.1, 0.15) is 18.9 Å². The summed E-state index contributed by atoms with van der Waals surface area (Å²) in [5.41, 5.74) is -0.656. The lowest BCUT2D eigenvalue weighted by Crippen LogP contribution is -2.34. The second kappa shape index (κ2) is 3.23. The van der Waals surface area contributed by atoms with Gasteiger partial charge in [0.15, 0.2) is 0 Å². The minimum Gasteiger partial charge on any atom is -0.302 e. The summed E-state index contributed by atoms with van der Waals surface area (Å²) in [5.74, 6) is -3.19. The fourth-order valence-electron chi connectivity index (χ4n) is 2.07. The summed E-state index contributed by atoms with van der Waals surface area (Å²) >= 11 is 0. The van der Waals surface area contributed by atoms with Gasteiger partial charge in [-0.25, -0.2) is 13.2 Å². The van der Waals surface area contributed by atoms with Gasteiger partial charge in [0.25, 0.3) is 5.92 Å². The van der Waals surface area contributed by atoms with E-state index in [1.54, 1.807) is 25.1 Å². The van der Waals surface area contributed by atoms with Crippen molar-refractivity contribution in [2.24, 2.45) is 0 Å². The predicted octanol–water partition coefficient (Wildman–Crippen LogP) is 2.67. The van der Waals surface area contributed by atoms with Crippen LogP contribution in [0.2, 0.25) is 0 Å². The molecule has 15 heavy (non-hydrogen) atoms. The maximum absolute atomic E-state index is 13.5. The molecule has 1 N–H and O–H groups in total. The topological polar surface area (TPSA) is 12.0 Å². The van der Waals surface area contributed by atoms with E-state index in [9.17, 15) is 13.2 Å². The quantitative estimate of drug-likeness (QED) is 0.759. The number of benzene rings is 1. The summed E-state index contributed by atoms with van der Waals surface area (Å²) < 4.78 is 39.6. The van der Waals surface area contributed by atoms with Gasteiger partial charge in [0.05, 0.1) is 6.54 Å². The third-order valence-corrected chi connectivity index (χ3v) is 2.82. The van der Waals surface area contributed by atoms with Crippen LogP contribution in [0.5, 0.6) is 0 Å². The molecule has 0 amide bonds. The van der Waals surface area contributed by atoms with E-state index in [-0.39, 0.29) is 6.42 Å². The van der Waals surface area contributed by atoms with Gasteiger partial charge in [-0.2, -0.15) is 0 Å². The van der Waals surface area contributed by atoms with Crippen LogP contribution in [0.15, 0.2) is 24.3 Å². The molecule has 2 rings (SSSR count). The Morgan fingerprint density at radius 1 is 1.27 bits per heavy atom. The zero-order chi connectivity index (χ0) is 11.1. The average molecular weight is 215 g/mol. The lowest BCUT2D eigenvalue weighted by Gasteiger charge is -2.25. The van der Waals surface area contributed by atoms with Crippen molar-refractivity contribution in [3.05, 3.63) is 35.6 Å². The number of halogens is 3. The van der Waals surface area contributed by atoms with Crippen LogP contribution < -0.4 is 5.32 Å². The number of nitrogens with one attached hydrogen (secondary N) is 1. The Balaban J connectivity index is 2.36. The van der Waals surface area contributed by atoms with Gasteiger partial charge in [-0.05, 0) is 13.0 Å². The zero-order valence-electron chi connectivity index (χ0n) is 8.36. The molecule has 0 aliphatic carbocycles. The van der Waals surface area contributed by atoms with Gasteiger partial charge in [-0.1, -0.05) is 18.2 Å². The molecule has 1 nitrogen and oxygen atoms in total. The van der Waals surface area contributed by atoms with Crippen LogP contribution in [0.3, 0.4) is 0 Å². The van der Waals surface area contributed by atoms with Gasteiger partial charge in [0.1, 0.15) is 5.82 Å². The van der Waals surface area contributed by atoms with E-state index in [4.69, 9.17) is 0 Å². The Kier molecular flexibility index (Phi) is 2.26. The Labute approximate surface area is 86.3 Å². The van der Waals surface area contributed by atoms with Crippen LogP contribution in [0.4, 0.5) is 13.2 Å². The monoisotopic (exact) mass is 215 g/mol. The smallest absolute Gasteiger partial charge is 0.262 e. The van der Waals surface area contributed by atoms with E-state index >= 15 is 0 Å². The molecule has 1 heterocycles. The van der Waals surface area contributed by atoms with Crippen LogP contribution in [0, 0.1) is 5.82 Å². The van der Waals surface area contributed by atoms with Crippen LogP contribution in [-0.2, 0) is 5.54 Å². The standard InChI is InChI=1S/C11H12F3N/c1-10(6-11(13,14)7-15-10)8-4-2-3-5-9(8)12/h2-5,15H,6-7H2,1H3. The molecule has 82 valence electrons. The van der Waals surface area contributed by atoms with Crippen molar-refractivity contribution < 1.29 is 13.2 Å². The zero-order valence-corrected chi connectivity index (χ0v) is 8.36. The van der Waals surface area contributed by atoms with Crippen LogP contribution in [-0.4, -0.2) is 12.5 Å². The van der Waals surface area contributed by atoms with E-state index < -0.39 is 23.8 Å². The van der Waals surface area contributed by atoms with E-state index in [1.165, 1.54) is 6.07 Å². The Morgan fingerprint density at radius 2 is 1.93 bits per heavy atom. The number of hydrogen-bond donors (Lipinski definition) is 1. The summed E-state index contributed by atoms with van der Waals surface area (Å²) in [6, 6.07) is 6.04. The molecule has 4 heteroatoms. The van der Waals surface area contributed by atoms with Crippen molar-refractivity contribution in [2.45, 2.75) is 24.8 Å². The maximum Gasteiger partial charge on any atom is 0.262 e. The minimum absolute atomic E-state index is 0.308. The van der Waals surface area contributed by atoms with Crippen molar-refractivity contribution >= 4 is 0 Å². The first kappa shape index (κ1) is 10.5. The second-order valence-electron chi connectivity index (χ2n) is 4.20. The van der Waals surface area contributed by atoms with Gasteiger partial charge in [-0.15, -0.1) is 0 Å². The molecule has 0 spiro atoms. The van der Waals surface area contributed by atoms with Crippen molar-refractivity contribution in [3.8, 4) is 0 Å². The molecule has 1 fully saturated rings. The normalized spacial score (nSPS) is 29.3. The largest absolute Gasteiger partial charge is 0.302 e. The Morgan fingerprint density at radius 3 is 2.47 bits per heavy atom. The first-order chi connectivity index (χ1) is 6.93. The number of hydrogen-bond acceptors (Lipinski definition) is 1. The lowest BCUT2D eigenvalue weighted by molar-refractivity contribution is 0.0163. The third-order valence-electron chi connectivity index (χ3n) is 2.82. The van der Waals surface area contributed by atoms with Crippen molar-refractivity contribution in [1.82, 2.24) is 5.32 Å². The fraction of sp³-hybridized carbons (Fsp3) is 0.455. The molecule has 1 unspecified atom stereocenters. The highest BCUT2D eigenvalue weighted by Gasteiger charge is 2.48. The van der Waals surface area contributed by atoms with Gasteiger partial charge in [0, 0.05) is 17.5 Å². The summed E-state index contributed by atoms with van der Waals surface area (Å²) in [6.45, 7) is 1.21. The Bertz CT molecular complexity index is 378. The summed E-state index contributed by atoms with van der Waals surface area (Å²) in [4.78, 5) is 0. The molecular weight excluding hydrogens is 203 g/mol. The molecule has 0 bridgehead atoms. The fourth-order valence-corrected chi connectivity index (χ4v) is 2.07. The first-order valence-electron chi connectivity index (χ1n) is 4.81. The average Bonchev–Trinajstić information content (AvgIpc) is 2.42. The molecule has 1 saturated heterocycles. The molecular formula is C11H12F3N. The molecule has 1 aliphatic heterocycles. The summed E-state index contributed by atoms with van der Waals surface area (Å²) in [5, 5.41) is 2.69. The molecule has 1 atom stereocenters. The van der Waals surface area contributed by atoms with E-state index in [0.717, 1.165) is 0 Å². The highest BCUT2D eigenvalue weighted by molar-refractivity contribution is 5.27. The molecule has 1 aromatic carbocycles. The highest BCUT2D eigenvalue weighted by atomic mass is 19.3. The first-order valence-corrected chi connectivity index (χ1v) is 4.81. The number of alkyl halides is 2. The lowest BCUT2D eigenvalue weighted by atomic mass is 9.89. The number of rotatable bonds is 1. The van der Waals surface area contributed by atoms with E-state index in [1.807, 2.05) is 0 Å². The van der Waals surface area contributed by atoms with Gasteiger partial charge in [0.2, 0.25) is 0 Å². The van der Waals surface area contributed by atoms with Gasteiger partial charge >= 0.3 is 0 Å². The van der Waals surface area contributed by atoms with Crippen molar-refractivity contribution in [2.75, 3.05) is 6.54 Å². The predicted molar refractivity (Wildman–Crippen MR) is 51.3 cm³/mol. The van der Waals surface area contributed by atoms with Crippen molar-refractivity contribution in [1.29, 1.82) is 0 Å². The second-order valence-corrected chi connectivity index (χ2v) is 4.20. The van der Waals surface area contributed by atoms with Crippen LogP contribution >= 0.6 is 0 Å². The molecule has 1 aromatic rings. The SMILES string of the molecule is CC1(c2ccccc2F)CC(F)(F)CN1. The van der Waals surface area contributed by atoms with Crippen molar-refractivity contribution in [3.63, 3.8) is 0 Å². The molecule has 0 aromatic heterocycles. The highest BCUT2D eigenvalue weighted by Crippen LogP contribution is 2.39. The minimum atomic E-state index is -2.75. The van der Waals surface area contributed by atoms with Gasteiger partial charge in [-0.3, -0.25) is 0 Å².